The summed E-state index contributed by atoms with van der Waals surface area (Å²) in [6, 6.07) is 0.287. The first-order valence-corrected chi connectivity index (χ1v) is 5.72. The van der Waals surface area contributed by atoms with Crippen molar-refractivity contribution >= 4 is 5.97 Å². The van der Waals surface area contributed by atoms with Gasteiger partial charge in [0.25, 0.3) is 0 Å². The van der Waals surface area contributed by atoms with Gasteiger partial charge in [-0.1, -0.05) is 6.92 Å². The van der Waals surface area contributed by atoms with Crippen molar-refractivity contribution in [2.24, 2.45) is 5.92 Å². The molecule has 4 heteroatoms. The van der Waals surface area contributed by atoms with Crippen LogP contribution in [0.25, 0.3) is 0 Å². The Balaban J connectivity index is 2.18. The quantitative estimate of drug-likeness (QED) is 0.647. The summed E-state index contributed by atoms with van der Waals surface area (Å²) in [5.41, 5.74) is 0. The molecule has 0 radical (unpaired) electrons. The van der Waals surface area contributed by atoms with Crippen molar-refractivity contribution in [3.8, 4) is 0 Å². The van der Waals surface area contributed by atoms with Crippen LogP contribution in [0.3, 0.4) is 0 Å². The van der Waals surface area contributed by atoms with E-state index in [0.717, 1.165) is 32.4 Å². The van der Waals surface area contributed by atoms with Gasteiger partial charge in [-0.05, 0) is 38.3 Å². The first-order chi connectivity index (χ1) is 7.15. The Morgan fingerprint density at radius 1 is 1.47 bits per heavy atom. The molecular weight excluding hydrogens is 194 g/mol. The third-order valence-electron chi connectivity index (χ3n) is 3.27. The van der Waals surface area contributed by atoms with Crippen LogP contribution in [0.2, 0.25) is 0 Å². The van der Waals surface area contributed by atoms with E-state index in [1.165, 1.54) is 0 Å². The Kier molecular flexibility index (Phi) is 5.05. The summed E-state index contributed by atoms with van der Waals surface area (Å²) < 4.78 is 0. The summed E-state index contributed by atoms with van der Waals surface area (Å²) >= 11 is 0. The van der Waals surface area contributed by atoms with Gasteiger partial charge in [-0.2, -0.15) is 0 Å². The molecule has 0 aromatic carbocycles. The fourth-order valence-electron chi connectivity index (χ4n) is 2.25. The predicted molar refractivity (Wildman–Crippen MR) is 57.7 cm³/mol. The lowest BCUT2D eigenvalue weighted by Crippen LogP contribution is -2.35. The van der Waals surface area contributed by atoms with Crippen LogP contribution in [-0.2, 0) is 4.79 Å². The molecule has 1 saturated heterocycles. The van der Waals surface area contributed by atoms with Gasteiger partial charge in [-0.15, -0.1) is 0 Å². The number of carboxylic acid groups (broad SMARTS) is 1. The van der Waals surface area contributed by atoms with Crippen LogP contribution >= 0.6 is 0 Å². The van der Waals surface area contributed by atoms with Gasteiger partial charge in [0, 0.05) is 12.5 Å². The molecule has 0 saturated carbocycles. The summed E-state index contributed by atoms with van der Waals surface area (Å²) in [5.74, 6) is -0.155. The summed E-state index contributed by atoms with van der Waals surface area (Å²) in [4.78, 5) is 12.6. The molecule has 0 spiro atoms. The molecule has 2 unspecified atom stereocenters. The fourth-order valence-corrected chi connectivity index (χ4v) is 2.25. The van der Waals surface area contributed by atoms with Crippen LogP contribution in [-0.4, -0.2) is 46.8 Å². The second-order valence-electron chi connectivity index (χ2n) is 4.40. The van der Waals surface area contributed by atoms with E-state index in [0.29, 0.717) is 5.92 Å². The van der Waals surface area contributed by atoms with Gasteiger partial charge in [0.2, 0.25) is 0 Å². The molecule has 1 aliphatic heterocycles. The van der Waals surface area contributed by atoms with Crippen LogP contribution in [0, 0.1) is 5.92 Å². The van der Waals surface area contributed by atoms with E-state index in [1.807, 2.05) is 0 Å². The molecule has 1 aliphatic rings. The zero-order chi connectivity index (χ0) is 11.3. The second-order valence-corrected chi connectivity index (χ2v) is 4.40. The van der Waals surface area contributed by atoms with Gasteiger partial charge in [-0.25, -0.2) is 0 Å². The highest BCUT2D eigenvalue weighted by atomic mass is 16.4. The largest absolute Gasteiger partial charge is 0.481 e. The molecule has 1 heterocycles. The van der Waals surface area contributed by atoms with E-state index in [4.69, 9.17) is 5.11 Å². The molecule has 4 nitrogen and oxygen atoms in total. The first-order valence-electron chi connectivity index (χ1n) is 5.72. The number of hydrogen-bond acceptors (Lipinski definition) is 3. The van der Waals surface area contributed by atoms with Gasteiger partial charge < -0.3 is 10.2 Å². The van der Waals surface area contributed by atoms with Gasteiger partial charge in [0.15, 0.2) is 0 Å². The van der Waals surface area contributed by atoms with Crippen molar-refractivity contribution in [3.05, 3.63) is 0 Å². The maximum Gasteiger partial charge on any atom is 0.303 e. The van der Waals surface area contributed by atoms with Crippen LogP contribution < -0.4 is 0 Å². The van der Waals surface area contributed by atoms with Gasteiger partial charge in [0.05, 0.1) is 6.61 Å². The highest BCUT2D eigenvalue weighted by Gasteiger charge is 2.29. The number of rotatable bonds is 6. The number of carboxylic acids is 1. The highest BCUT2D eigenvalue weighted by molar-refractivity contribution is 5.66. The van der Waals surface area contributed by atoms with Gasteiger partial charge in [0.1, 0.15) is 0 Å². The lowest BCUT2D eigenvalue weighted by Gasteiger charge is -2.24. The molecule has 1 fully saturated rings. The minimum absolute atomic E-state index is 0.222. The maximum atomic E-state index is 10.3. The van der Waals surface area contributed by atoms with E-state index in [9.17, 15) is 9.90 Å². The number of carbonyl (C=O) groups is 1. The maximum absolute atomic E-state index is 10.3. The molecule has 15 heavy (non-hydrogen) atoms. The Bertz CT molecular complexity index is 208. The third kappa shape index (κ3) is 3.80. The number of aliphatic hydroxyl groups is 1. The standard InChI is InChI=1S/C11H21NO3/c1-9-5-7-12(10(9)8-13)6-3-2-4-11(14)15/h9-10,13H,2-8H2,1H3,(H,14,15). The first kappa shape index (κ1) is 12.5. The molecule has 0 aromatic heterocycles. The normalized spacial score (nSPS) is 27.1. The number of hydrogen-bond donors (Lipinski definition) is 2. The molecule has 2 N–H and O–H groups in total. The average Bonchev–Trinajstić information content (AvgIpc) is 2.53. The molecule has 0 aromatic rings. The summed E-state index contributed by atoms with van der Waals surface area (Å²) in [7, 11) is 0. The highest BCUT2D eigenvalue weighted by Crippen LogP contribution is 2.23. The lowest BCUT2D eigenvalue weighted by atomic mass is 10.0. The molecule has 0 amide bonds. The summed E-state index contributed by atoms with van der Waals surface area (Å²) in [5, 5.41) is 17.7. The van der Waals surface area contributed by atoms with E-state index in [2.05, 4.69) is 11.8 Å². The number of likely N-dealkylation sites (tertiary alicyclic amines) is 1. The lowest BCUT2D eigenvalue weighted by molar-refractivity contribution is -0.137. The monoisotopic (exact) mass is 215 g/mol. The molecule has 0 aliphatic carbocycles. The van der Waals surface area contributed by atoms with Gasteiger partial charge >= 0.3 is 5.97 Å². The molecule has 1 rings (SSSR count). The number of aliphatic hydroxyl groups excluding tert-OH is 1. The van der Waals surface area contributed by atoms with E-state index in [-0.39, 0.29) is 19.1 Å². The molecule has 88 valence electrons. The third-order valence-corrected chi connectivity index (χ3v) is 3.27. The van der Waals surface area contributed by atoms with Crippen molar-refractivity contribution in [1.82, 2.24) is 4.90 Å². The van der Waals surface area contributed by atoms with Crippen LogP contribution in [0.5, 0.6) is 0 Å². The molecule has 2 atom stereocenters. The zero-order valence-electron chi connectivity index (χ0n) is 9.35. The van der Waals surface area contributed by atoms with Crippen molar-refractivity contribution < 1.29 is 15.0 Å². The van der Waals surface area contributed by atoms with Crippen LogP contribution in [0.1, 0.15) is 32.6 Å². The zero-order valence-corrected chi connectivity index (χ0v) is 9.35. The van der Waals surface area contributed by atoms with Crippen LogP contribution in [0.4, 0.5) is 0 Å². The fraction of sp³-hybridized carbons (Fsp3) is 0.909. The summed E-state index contributed by atoms with van der Waals surface area (Å²) in [6.45, 7) is 4.35. The van der Waals surface area contributed by atoms with Crippen molar-refractivity contribution in [1.29, 1.82) is 0 Å². The van der Waals surface area contributed by atoms with E-state index in [1.54, 1.807) is 0 Å². The predicted octanol–water partition coefficient (Wildman–Crippen LogP) is 0.944. The Morgan fingerprint density at radius 2 is 2.20 bits per heavy atom. The Labute approximate surface area is 90.9 Å². The Morgan fingerprint density at radius 3 is 2.80 bits per heavy atom. The van der Waals surface area contributed by atoms with E-state index >= 15 is 0 Å². The molecule has 0 bridgehead atoms. The number of unbranched alkanes of at least 4 members (excludes halogenated alkanes) is 1. The average molecular weight is 215 g/mol. The van der Waals surface area contributed by atoms with Crippen molar-refractivity contribution in [2.45, 2.75) is 38.6 Å². The van der Waals surface area contributed by atoms with Gasteiger partial charge in [-0.3, -0.25) is 9.69 Å². The second kappa shape index (κ2) is 6.08. The topological polar surface area (TPSA) is 60.8 Å². The number of aliphatic carboxylic acids is 1. The minimum Gasteiger partial charge on any atom is -0.481 e. The smallest absolute Gasteiger partial charge is 0.303 e. The molecular formula is C11H21NO3. The van der Waals surface area contributed by atoms with E-state index < -0.39 is 5.97 Å². The Hall–Kier alpha value is -0.610. The SMILES string of the molecule is CC1CCN(CCCCC(=O)O)C1CO. The van der Waals surface area contributed by atoms with Crippen LogP contribution in [0.15, 0.2) is 0 Å². The van der Waals surface area contributed by atoms with Crippen molar-refractivity contribution in [3.63, 3.8) is 0 Å². The number of nitrogens with zero attached hydrogens (tertiary/aromatic N) is 1. The minimum atomic E-state index is -0.719. The summed E-state index contributed by atoms with van der Waals surface area (Å²) in [6.07, 6.45) is 3.05. The van der Waals surface area contributed by atoms with Crippen molar-refractivity contribution in [2.75, 3.05) is 19.7 Å².